The van der Waals surface area contributed by atoms with E-state index in [9.17, 15) is 14.4 Å². The molecular formula is C25H23N3O6. The summed E-state index contributed by atoms with van der Waals surface area (Å²) in [6, 6.07) is 20.6. The van der Waals surface area contributed by atoms with Crippen LogP contribution in [0.15, 0.2) is 66.7 Å². The van der Waals surface area contributed by atoms with E-state index in [1.165, 1.54) is 19.2 Å². The van der Waals surface area contributed by atoms with Crippen LogP contribution in [0.4, 0.5) is 10.6 Å². The highest BCUT2D eigenvalue weighted by atomic mass is 16.5. The van der Waals surface area contributed by atoms with Crippen LogP contribution in [-0.4, -0.2) is 54.4 Å². The van der Waals surface area contributed by atoms with Gasteiger partial charge in [0, 0.05) is 13.0 Å². The largest absolute Gasteiger partial charge is 0.479 e. The normalized spacial score (nSPS) is 12.9. The third kappa shape index (κ3) is 4.89. The Kier molecular flexibility index (Phi) is 6.84. The second-order valence-corrected chi connectivity index (χ2v) is 7.63. The van der Waals surface area contributed by atoms with Gasteiger partial charge in [0.2, 0.25) is 0 Å². The number of aliphatic carboxylic acids is 1. The lowest BCUT2D eigenvalue weighted by atomic mass is 9.98. The molecule has 9 nitrogen and oxygen atoms in total. The van der Waals surface area contributed by atoms with Gasteiger partial charge in [0.25, 0.3) is 5.91 Å². The monoisotopic (exact) mass is 461 g/mol. The fraction of sp³-hybridized carbons (Fsp3) is 0.200. The molecule has 0 saturated heterocycles. The molecule has 174 valence electrons. The minimum atomic E-state index is -1.19. The van der Waals surface area contributed by atoms with Gasteiger partial charge in [0.15, 0.2) is 6.10 Å². The van der Waals surface area contributed by atoms with E-state index in [-0.39, 0.29) is 30.6 Å². The molecule has 1 atom stereocenters. The average molecular weight is 461 g/mol. The lowest BCUT2D eigenvalue weighted by Crippen LogP contribution is -2.38. The first kappa shape index (κ1) is 22.9. The molecule has 0 aliphatic heterocycles. The van der Waals surface area contributed by atoms with Crippen molar-refractivity contribution in [1.29, 1.82) is 0 Å². The van der Waals surface area contributed by atoms with E-state index in [1.807, 2.05) is 36.4 Å². The van der Waals surface area contributed by atoms with Crippen molar-refractivity contribution in [2.75, 3.05) is 25.6 Å². The molecule has 1 aliphatic rings. The van der Waals surface area contributed by atoms with Gasteiger partial charge in [-0.05, 0) is 34.4 Å². The van der Waals surface area contributed by atoms with Crippen molar-refractivity contribution in [2.24, 2.45) is 0 Å². The molecule has 34 heavy (non-hydrogen) atoms. The van der Waals surface area contributed by atoms with Crippen LogP contribution in [0, 0.1) is 0 Å². The second-order valence-electron chi connectivity index (χ2n) is 7.63. The quantitative estimate of drug-likeness (QED) is 0.470. The molecule has 1 heterocycles. The zero-order valence-electron chi connectivity index (χ0n) is 18.4. The van der Waals surface area contributed by atoms with Crippen LogP contribution < -0.4 is 10.6 Å². The first-order chi connectivity index (χ1) is 16.5. The average Bonchev–Trinajstić information content (AvgIpc) is 3.16. The summed E-state index contributed by atoms with van der Waals surface area (Å²) >= 11 is 0. The summed E-state index contributed by atoms with van der Waals surface area (Å²) in [7, 11) is 1.24. The number of nitrogens with one attached hydrogen (secondary N) is 2. The lowest BCUT2D eigenvalue weighted by Gasteiger charge is -2.14. The van der Waals surface area contributed by atoms with Gasteiger partial charge in [0.1, 0.15) is 18.1 Å². The van der Waals surface area contributed by atoms with Gasteiger partial charge in [-0.3, -0.25) is 10.1 Å². The molecule has 4 rings (SSSR count). The third-order valence-corrected chi connectivity index (χ3v) is 5.56. The number of carboxylic acid groups (broad SMARTS) is 1. The first-order valence-electron chi connectivity index (χ1n) is 10.6. The fourth-order valence-electron chi connectivity index (χ4n) is 3.92. The Morgan fingerprint density at radius 1 is 0.971 bits per heavy atom. The number of ether oxygens (including phenoxy) is 2. The Balaban J connectivity index is 1.37. The summed E-state index contributed by atoms with van der Waals surface area (Å²) in [5.41, 5.74) is 4.47. The maximum absolute atomic E-state index is 12.4. The summed E-state index contributed by atoms with van der Waals surface area (Å²) < 4.78 is 10.3. The van der Waals surface area contributed by atoms with Crippen molar-refractivity contribution >= 4 is 23.8 Å². The molecule has 0 fully saturated rings. The van der Waals surface area contributed by atoms with Crippen molar-refractivity contribution in [3.63, 3.8) is 0 Å². The minimum absolute atomic E-state index is 0.0108. The Morgan fingerprint density at radius 3 is 2.24 bits per heavy atom. The number of rotatable bonds is 8. The molecule has 3 N–H and O–H groups in total. The number of methoxy groups -OCH3 is 1. The highest BCUT2D eigenvalue weighted by molar-refractivity contribution is 5.93. The number of nitrogens with zero attached hydrogens (tertiary/aromatic N) is 1. The summed E-state index contributed by atoms with van der Waals surface area (Å²) in [5.74, 6) is -1.74. The number of benzene rings is 2. The summed E-state index contributed by atoms with van der Waals surface area (Å²) in [4.78, 5) is 39.8. The van der Waals surface area contributed by atoms with Gasteiger partial charge in [-0.2, -0.15) is 0 Å². The van der Waals surface area contributed by atoms with E-state index in [2.05, 4.69) is 27.8 Å². The van der Waals surface area contributed by atoms with E-state index < -0.39 is 24.1 Å². The predicted octanol–water partition coefficient (Wildman–Crippen LogP) is 3.27. The number of hydrogen-bond acceptors (Lipinski definition) is 6. The van der Waals surface area contributed by atoms with Gasteiger partial charge in [-0.15, -0.1) is 0 Å². The molecule has 1 aliphatic carbocycles. The van der Waals surface area contributed by atoms with Gasteiger partial charge in [-0.25, -0.2) is 14.6 Å². The number of amides is 2. The number of hydrogen-bond donors (Lipinski definition) is 3. The van der Waals surface area contributed by atoms with E-state index in [0.717, 1.165) is 22.3 Å². The van der Waals surface area contributed by atoms with Crippen molar-refractivity contribution in [1.82, 2.24) is 10.3 Å². The second kappa shape index (κ2) is 10.1. The van der Waals surface area contributed by atoms with Crippen LogP contribution in [0.1, 0.15) is 27.5 Å². The molecule has 0 radical (unpaired) electrons. The molecule has 0 spiro atoms. The summed E-state index contributed by atoms with van der Waals surface area (Å²) in [5, 5.41) is 14.0. The molecular weight excluding hydrogens is 438 g/mol. The molecule has 2 amide bonds. The Bertz CT molecular complexity index is 1180. The SMILES string of the molecule is COC(CNC(=O)c1cccc(NC(=O)OCC2c3ccccc3-c3ccccc32)n1)C(=O)O. The Hall–Kier alpha value is -4.24. The number of carboxylic acids is 1. The van der Waals surface area contributed by atoms with Crippen molar-refractivity contribution in [2.45, 2.75) is 12.0 Å². The zero-order chi connectivity index (χ0) is 24.1. The summed E-state index contributed by atoms with van der Waals surface area (Å²) in [6.07, 6.45) is -1.87. The molecule has 1 aromatic heterocycles. The van der Waals surface area contributed by atoms with Crippen molar-refractivity contribution in [3.05, 3.63) is 83.6 Å². The summed E-state index contributed by atoms with van der Waals surface area (Å²) in [6.45, 7) is -0.0794. The first-order valence-corrected chi connectivity index (χ1v) is 10.6. The minimum Gasteiger partial charge on any atom is -0.479 e. The van der Waals surface area contributed by atoms with E-state index in [1.54, 1.807) is 6.07 Å². The molecule has 9 heteroatoms. The molecule has 0 saturated carbocycles. The standard InChI is InChI=1S/C25H23N3O6/c1-33-21(24(30)31)13-26-23(29)20-11-6-12-22(27-20)28-25(32)34-14-19-17-9-4-2-7-15(17)16-8-3-5-10-18(16)19/h2-12,19,21H,13-14H2,1H3,(H,26,29)(H,30,31)(H,27,28,32). The number of carbonyl (C=O) groups excluding carboxylic acids is 2. The maximum Gasteiger partial charge on any atom is 0.412 e. The van der Waals surface area contributed by atoms with Crippen molar-refractivity contribution < 1.29 is 29.0 Å². The highest BCUT2D eigenvalue weighted by Gasteiger charge is 2.29. The smallest absolute Gasteiger partial charge is 0.412 e. The topological polar surface area (TPSA) is 127 Å². The Morgan fingerprint density at radius 2 is 1.62 bits per heavy atom. The zero-order valence-corrected chi connectivity index (χ0v) is 18.4. The van der Waals surface area contributed by atoms with Gasteiger partial charge < -0.3 is 19.9 Å². The molecule has 2 aromatic carbocycles. The fourth-order valence-corrected chi connectivity index (χ4v) is 3.92. The number of carbonyl (C=O) groups is 3. The molecule has 1 unspecified atom stereocenters. The van der Waals surface area contributed by atoms with Crippen LogP contribution in [0.5, 0.6) is 0 Å². The van der Waals surface area contributed by atoms with Crippen LogP contribution in [-0.2, 0) is 14.3 Å². The van der Waals surface area contributed by atoms with E-state index in [4.69, 9.17) is 14.6 Å². The maximum atomic E-state index is 12.4. The van der Waals surface area contributed by atoms with Gasteiger partial charge >= 0.3 is 12.1 Å². The van der Waals surface area contributed by atoms with Crippen LogP contribution >= 0.6 is 0 Å². The van der Waals surface area contributed by atoms with Crippen molar-refractivity contribution in [3.8, 4) is 11.1 Å². The molecule has 3 aromatic rings. The van der Waals surface area contributed by atoms with Crippen LogP contribution in [0.25, 0.3) is 11.1 Å². The lowest BCUT2D eigenvalue weighted by molar-refractivity contribution is -0.148. The van der Waals surface area contributed by atoms with E-state index in [0.29, 0.717) is 0 Å². The third-order valence-electron chi connectivity index (χ3n) is 5.56. The highest BCUT2D eigenvalue weighted by Crippen LogP contribution is 2.44. The van der Waals surface area contributed by atoms with Gasteiger partial charge in [-0.1, -0.05) is 54.6 Å². The number of pyridine rings is 1. The van der Waals surface area contributed by atoms with Crippen LogP contribution in [0.2, 0.25) is 0 Å². The molecule has 0 bridgehead atoms. The van der Waals surface area contributed by atoms with E-state index >= 15 is 0 Å². The number of anilines is 1. The van der Waals surface area contributed by atoms with Crippen LogP contribution in [0.3, 0.4) is 0 Å². The van der Waals surface area contributed by atoms with Gasteiger partial charge in [0.05, 0.1) is 6.54 Å². The predicted molar refractivity (Wildman–Crippen MR) is 124 cm³/mol. The number of aromatic nitrogens is 1. The Labute approximate surface area is 195 Å². The number of fused-ring (bicyclic) bond motifs is 3.